The Morgan fingerprint density at radius 1 is 1.00 bits per heavy atom. The smallest absolute Gasteiger partial charge is 0.217 e. The van der Waals surface area contributed by atoms with Crippen molar-refractivity contribution >= 4 is 5.90 Å². The lowest BCUT2D eigenvalue weighted by Crippen LogP contribution is -2.10. The molecule has 0 fully saturated rings. The molecule has 1 aliphatic heterocycles. The second-order valence-corrected chi connectivity index (χ2v) is 4.99. The zero-order chi connectivity index (χ0) is 13.2. The van der Waals surface area contributed by atoms with Crippen molar-refractivity contribution in [3.05, 3.63) is 71.3 Å². The van der Waals surface area contributed by atoms with E-state index in [2.05, 4.69) is 43.1 Å². The van der Waals surface area contributed by atoms with Crippen LogP contribution >= 0.6 is 0 Å². The predicted octanol–water partition coefficient (Wildman–Crippen LogP) is 3.90. The molecule has 0 aromatic heterocycles. The Kier molecular flexibility index (Phi) is 3.08. The Balaban J connectivity index is 1.86. The number of hydrogen-bond donors (Lipinski definition) is 0. The lowest BCUT2D eigenvalue weighted by atomic mass is 10.0. The molecular formula is C17H17NO. The van der Waals surface area contributed by atoms with Crippen LogP contribution in [0.25, 0.3) is 0 Å². The van der Waals surface area contributed by atoms with E-state index >= 15 is 0 Å². The number of ether oxygens (including phenoxy) is 1. The molecule has 0 aliphatic carbocycles. The minimum absolute atomic E-state index is 0.0247. The zero-order valence-corrected chi connectivity index (χ0v) is 11.2. The molecule has 19 heavy (non-hydrogen) atoms. The van der Waals surface area contributed by atoms with Crippen molar-refractivity contribution in [1.82, 2.24) is 0 Å². The average Bonchev–Trinajstić information content (AvgIpc) is 2.82. The Hall–Kier alpha value is -2.09. The second kappa shape index (κ2) is 4.88. The number of aryl methyl sites for hydroxylation is 1. The third-order valence-electron chi connectivity index (χ3n) is 3.39. The Labute approximate surface area is 113 Å². The molecule has 2 heteroatoms. The van der Waals surface area contributed by atoms with E-state index in [-0.39, 0.29) is 12.1 Å². The topological polar surface area (TPSA) is 21.6 Å². The van der Waals surface area contributed by atoms with Crippen LogP contribution in [-0.4, -0.2) is 11.9 Å². The third kappa shape index (κ3) is 2.39. The van der Waals surface area contributed by atoms with E-state index in [0.29, 0.717) is 0 Å². The van der Waals surface area contributed by atoms with Crippen LogP contribution in [-0.2, 0) is 4.74 Å². The first-order valence-electron chi connectivity index (χ1n) is 6.60. The molecular weight excluding hydrogens is 234 g/mol. The molecule has 3 rings (SSSR count). The summed E-state index contributed by atoms with van der Waals surface area (Å²) >= 11 is 0. The van der Waals surface area contributed by atoms with E-state index in [1.54, 1.807) is 0 Å². The fourth-order valence-electron chi connectivity index (χ4n) is 2.41. The van der Waals surface area contributed by atoms with Crippen molar-refractivity contribution in [3.63, 3.8) is 0 Å². The van der Waals surface area contributed by atoms with Gasteiger partial charge in [0, 0.05) is 5.56 Å². The van der Waals surface area contributed by atoms with Crippen molar-refractivity contribution in [1.29, 1.82) is 0 Å². The van der Waals surface area contributed by atoms with E-state index in [1.165, 1.54) is 11.1 Å². The van der Waals surface area contributed by atoms with Crippen LogP contribution < -0.4 is 0 Å². The Bertz CT molecular complexity index is 604. The monoisotopic (exact) mass is 251 g/mol. The molecule has 2 aromatic rings. The van der Waals surface area contributed by atoms with E-state index in [9.17, 15) is 0 Å². The van der Waals surface area contributed by atoms with Crippen LogP contribution in [0.15, 0.2) is 59.6 Å². The first-order chi connectivity index (χ1) is 9.24. The van der Waals surface area contributed by atoms with E-state index in [0.717, 1.165) is 11.5 Å². The third-order valence-corrected chi connectivity index (χ3v) is 3.39. The Morgan fingerprint density at radius 2 is 1.79 bits per heavy atom. The second-order valence-electron chi connectivity index (χ2n) is 4.99. The molecule has 96 valence electrons. The summed E-state index contributed by atoms with van der Waals surface area (Å²) in [7, 11) is 0. The number of nitrogens with zero attached hydrogens (tertiary/aromatic N) is 1. The van der Waals surface area contributed by atoms with Crippen LogP contribution in [0.4, 0.5) is 0 Å². The molecule has 2 nitrogen and oxygen atoms in total. The maximum Gasteiger partial charge on any atom is 0.217 e. The van der Waals surface area contributed by atoms with Gasteiger partial charge in [0.2, 0.25) is 5.90 Å². The molecule has 1 heterocycles. The number of benzene rings is 2. The highest BCUT2D eigenvalue weighted by Gasteiger charge is 2.29. The van der Waals surface area contributed by atoms with Crippen LogP contribution in [0.1, 0.15) is 29.7 Å². The summed E-state index contributed by atoms with van der Waals surface area (Å²) in [6, 6.07) is 18.7. The van der Waals surface area contributed by atoms with Crippen molar-refractivity contribution in [2.45, 2.75) is 26.0 Å². The normalized spacial score (nSPS) is 21.9. The Morgan fingerprint density at radius 3 is 2.53 bits per heavy atom. The summed E-state index contributed by atoms with van der Waals surface area (Å²) in [5.74, 6) is 0.755. The summed E-state index contributed by atoms with van der Waals surface area (Å²) in [5.41, 5.74) is 3.46. The summed E-state index contributed by atoms with van der Waals surface area (Å²) in [6.45, 7) is 4.18. The molecule has 0 spiro atoms. The number of rotatable bonds is 2. The van der Waals surface area contributed by atoms with Gasteiger partial charge in [-0.15, -0.1) is 0 Å². The van der Waals surface area contributed by atoms with E-state index in [1.807, 2.05) is 30.3 Å². The van der Waals surface area contributed by atoms with Crippen molar-refractivity contribution in [2.24, 2.45) is 4.99 Å². The maximum absolute atomic E-state index is 6.05. The van der Waals surface area contributed by atoms with Gasteiger partial charge in [0.15, 0.2) is 0 Å². The largest absolute Gasteiger partial charge is 0.467 e. The maximum atomic E-state index is 6.05. The number of aliphatic imine (C=N–C) groups is 1. The first kappa shape index (κ1) is 12.0. The van der Waals surface area contributed by atoms with Gasteiger partial charge in [-0.25, -0.2) is 4.99 Å². The van der Waals surface area contributed by atoms with Gasteiger partial charge in [0.25, 0.3) is 0 Å². The SMILES string of the molecule is Cc1cccc(C2=N[C@@H](C)[C@H](c3ccccc3)O2)c1. The number of hydrogen-bond acceptors (Lipinski definition) is 2. The lowest BCUT2D eigenvalue weighted by molar-refractivity contribution is 0.202. The molecule has 2 atom stereocenters. The van der Waals surface area contributed by atoms with Gasteiger partial charge in [-0.2, -0.15) is 0 Å². The van der Waals surface area contributed by atoms with Gasteiger partial charge >= 0.3 is 0 Å². The molecule has 0 bridgehead atoms. The molecule has 0 unspecified atom stereocenters. The minimum atomic E-state index is 0.0247. The summed E-state index contributed by atoms with van der Waals surface area (Å²) in [5, 5.41) is 0. The van der Waals surface area contributed by atoms with Crippen LogP contribution in [0.2, 0.25) is 0 Å². The minimum Gasteiger partial charge on any atom is -0.467 e. The van der Waals surface area contributed by atoms with Gasteiger partial charge in [0.1, 0.15) is 6.10 Å². The fraction of sp³-hybridized carbons (Fsp3) is 0.235. The molecule has 0 N–H and O–H groups in total. The molecule has 0 saturated heterocycles. The van der Waals surface area contributed by atoms with Gasteiger partial charge < -0.3 is 4.74 Å². The first-order valence-corrected chi connectivity index (χ1v) is 6.60. The van der Waals surface area contributed by atoms with Gasteiger partial charge in [0.05, 0.1) is 6.04 Å². The quantitative estimate of drug-likeness (QED) is 0.793. The molecule has 0 saturated carbocycles. The van der Waals surface area contributed by atoms with Crippen LogP contribution in [0.5, 0.6) is 0 Å². The van der Waals surface area contributed by atoms with Crippen molar-refractivity contribution < 1.29 is 4.74 Å². The molecule has 0 amide bonds. The van der Waals surface area contributed by atoms with E-state index < -0.39 is 0 Å². The van der Waals surface area contributed by atoms with E-state index in [4.69, 9.17) is 4.74 Å². The highest BCUT2D eigenvalue weighted by Crippen LogP contribution is 2.30. The summed E-state index contributed by atoms with van der Waals surface area (Å²) < 4.78 is 6.05. The van der Waals surface area contributed by atoms with Crippen molar-refractivity contribution in [2.75, 3.05) is 0 Å². The highest BCUT2D eigenvalue weighted by atomic mass is 16.5. The molecule has 2 aromatic carbocycles. The predicted molar refractivity (Wildman–Crippen MR) is 77.4 cm³/mol. The van der Waals surface area contributed by atoms with Gasteiger partial charge in [-0.3, -0.25) is 0 Å². The zero-order valence-electron chi connectivity index (χ0n) is 11.2. The lowest BCUT2D eigenvalue weighted by Gasteiger charge is -2.15. The summed E-state index contributed by atoms with van der Waals surface area (Å²) in [6.07, 6.45) is 0.0247. The van der Waals surface area contributed by atoms with Crippen molar-refractivity contribution in [3.8, 4) is 0 Å². The average molecular weight is 251 g/mol. The van der Waals surface area contributed by atoms with Gasteiger partial charge in [-0.1, -0.05) is 48.0 Å². The highest BCUT2D eigenvalue weighted by molar-refractivity contribution is 5.95. The van der Waals surface area contributed by atoms with Crippen LogP contribution in [0, 0.1) is 6.92 Å². The summed E-state index contributed by atoms with van der Waals surface area (Å²) in [4.78, 5) is 4.65. The van der Waals surface area contributed by atoms with Gasteiger partial charge in [-0.05, 0) is 31.5 Å². The van der Waals surface area contributed by atoms with Crippen LogP contribution in [0.3, 0.4) is 0 Å². The molecule has 1 aliphatic rings. The fourth-order valence-corrected chi connectivity index (χ4v) is 2.41. The molecule has 0 radical (unpaired) electrons. The standard InChI is InChI=1S/C17H17NO/c1-12-7-6-10-15(11-12)17-18-13(2)16(19-17)14-8-4-3-5-9-14/h3-11,13,16H,1-2H3/t13-,16+/m0/s1.